The smallest absolute Gasteiger partial charge is 0.254 e. The Morgan fingerprint density at radius 2 is 1.73 bits per heavy atom. The second kappa shape index (κ2) is 8.75. The summed E-state index contributed by atoms with van der Waals surface area (Å²) in [6, 6.07) is 22.7. The monoisotopic (exact) mass is 457 g/mol. The number of nitrogens with one attached hydrogen (secondary N) is 1. The normalized spacial score (nSPS) is 17.2. The number of benzene rings is 3. The molecule has 0 unspecified atom stereocenters. The van der Waals surface area contributed by atoms with E-state index in [4.69, 9.17) is 11.6 Å². The van der Waals surface area contributed by atoms with E-state index < -0.39 is 6.04 Å². The number of hydrogen-bond acceptors (Lipinski definition) is 2. The third kappa shape index (κ3) is 3.79. The number of carbonyl (C=O) groups excluding carboxylic acids is 2. The molecule has 0 saturated carbocycles. The zero-order valence-electron chi connectivity index (χ0n) is 18.3. The van der Waals surface area contributed by atoms with Crippen LogP contribution in [0.5, 0.6) is 0 Å². The van der Waals surface area contributed by atoms with Crippen molar-refractivity contribution >= 4 is 50.9 Å². The van der Waals surface area contributed by atoms with E-state index in [1.807, 2.05) is 48.5 Å². The number of aromatic nitrogens is 1. The van der Waals surface area contributed by atoms with Crippen molar-refractivity contribution in [2.45, 2.75) is 25.9 Å². The zero-order valence-corrected chi connectivity index (χ0v) is 19.0. The molecule has 0 aliphatic carbocycles. The molecule has 1 aliphatic heterocycles. The van der Waals surface area contributed by atoms with Crippen LogP contribution in [0.15, 0.2) is 83.9 Å². The lowest BCUT2D eigenvalue weighted by Crippen LogP contribution is -2.43. The standard InChI is InChI=1S/C27H24ClN3O2/c1-2-30-23-11-7-6-10-21(23)22-15-20(12-13-24(22)30)29-26(32)25-14-18(16-28)17-31(25)27(33)19-8-4-3-5-9-19/h3-13,15-16,25H,2,14,17H2,1H3,(H,29,32)/b18-16+/t25-/m0/s1. The van der Waals surface area contributed by atoms with Crippen molar-refractivity contribution < 1.29 is 9.59 Å². The molecule has 4 aromatic rings. The number of rotatable bonds is 4. The van der Waals surface area contributed by atoms with Crippen molar-refractivity contribution in [3.05, 3.63) is 89.5 Å². The molecule has 5 nitrogen and oxygen atoms in total. The Hall–Kier alpha value is -3.57. The molecule has 1 aliphatic rings. The van der Waals surface area contributed by atoms with Gasteiger partial charge in [0.2, 0.25) is 5.91 Å². The topological polar surface area (TPSA) is 54.3 Å². The number of amides is 2. The highest BCUT2D eigenvalue weighted by molar-refractivity contribution is 6.25. The summed E-state index contributed by atoms with van der Waals surface area (Å²) in [7, 11) is 0. The molecule has 0 radical (unpaired) electrons. The Balaban J connectivity index is 1.45. The number of aryl methyl sites for hydroxylation is 1. The number of likely N-dealkylation sites (tertiary alicyclic amines) is 1. The third-order valence-corrected chi connectivity index (χ3v) is 6.61. The number of halogens is 1. The van der Waals surface area contributed by atoms with Gasteiger partial charge in [-0.05, 0) is 48.9 Å². The fourth-order valence-corrected chi connectivity index (χ4v) is 4.88. The van der Waals surface area contributed by atoms with Gasteiger partial charge in [0.1, 0.15) is 6.04 Å². The Morgan fingerprint density at radius 3 is 2.48 bits per heavy atom. The summed E-state index contributed by atoms with van der Waals surface area (Å²) in [6.07, 6.45) is 0.422. The van der Waals surface area contributed by atoms with E-state index in [1.165, 1.54) is 11.1 Å². The van der Waals surface area contributed by atoms with Crippen molar-refractivity contribution in [2.75, 3.05) is 11.9 Å². The van der Waals surface area contributed by atoms with Crippen LogP contribution in [-0.4, -0.2) is 33.9 Å². The van der Waals surface area contributed by atoms with Gasteiger partial charge in [-0.15, -0.1) is 0 Å². The molecule has 1 fully saturated rings. The Morgan fingerprint density at radius 1 is 1.00 bits per heavy atom. The highest BCUT2D eigenvalue weighted by Gasteiger charge is 2.37. The predicted octanol–water partition coefficient (Wildman–Crippen LogP) is 5.79. The lowest BCUT2D eigenvalue weighted by molar-refractivity contribution is -0.119. The summed E-state index contributed by atoms with van der Waals surface area (Å²) in [5, 5.41) is 5.28. The molecule has 166 valence electrons. The minimum absolute atomic E-state index is 0.175. The van der Waals surface area contributed by atoms with Crippen LogP contribution >= 0.6 is 11.6 Å². The molecule has 0 spiro atoms. The quantitative estimate of drug-likeness (QED) is 0.421. The maximum atomic E-state index is 13.3. The van der Waals surface area contributed by atoms with Crippen molar-refractivity contribution in [1.82, 2.24) is 9.47 Å². The summed E-state index contributed by atoms with van der Waals surface area (Å²) >= 11 is 5.96. The van der Waals surface area contributed by atoms with E-state index in [9.17, 15) is 9.59 Å². The molecule has 6 heteroatoms. The first kappa shape index (κ1) is 21.3. The van der Waals surface area contributed by atoms with Gasteiger partial charge in [-0.3, -0.25) is 9.59 Å². The lowest BCUT2D eigenvalue weighted by atomic mass is 10.1. The first-order valence-corrected chi connectivity index (χ1v) is 11.5. The number of anilines is 1. The van der Waals surface area contributed by atoms with E-state index >= 15 is 0 Å². The number of hydrogen-bond donors (Lipinski definition) is 1. The van der Waals surface area contributed by atoms with Gasteiger partial charge in [0.15, 0.2) is 0 Å². The van der Waals surface area contributed by atoms with Gasteiger partial charge in [-0.2, -0.15) is 0 Å². The average molecular weight is 458 g/mol. The number of carbonyl (C=O) groups is 2. The molecule has 1 atom stereocenters. The van der Waals surface area contributed by atoms with Crippen LogP contribution in [0.2, 0.25) is 0 Å². The molecule has 1 N–H and O–H groups in total. The summed E-state index contributed by atoms with van der Waals surface area (Å²) in [6.45, 7) is 3.34. The van der Waals surface area contributed by atoms with Gasteiger partial charge >= 0.3 is 0 Å². The highest BCUT2D eigenvalue weighted by atomic mass is 35.5. The second-order valence-electron chi connectivity index (χ2n) is 8.27. The van der Waals surface area contributed by atoms with Crippen LogP contribution < -0.4 is 5.32 Å². The van der Waals surface area contributed by atoms with Crippen LogP contribution in [0, 0.1) is 0 Å². The van der Waals surface area contributed by atoms with Crippen molar-refractivity contribution in [2.24, 2.45) is 0 Å². The minimum atomic E-state index is -0.615. The van der Waals surface area contributed by atoms with Gasteiger partial charge in [-0.25, -0.2) is 0 Å². The first-order valence-electron chi connectivity index (χ1n) is 11.1. The van der Waals surface area contributed by atoms with Crippen LogP contribution in [0.1, 0.15) is 23.7 Å². The Kier molecular flexibility index (Phi) is 5.65. The molecule has 1 aromatic heterocycles. The Labute approximate surface area is 197 Å². The molecule has 3 aromatic carbocycles. The number of nitrogens with zero attached hydrogens (tertiary/aromatic N) is 2. The second-order valence-corrected chi connectivity index (χ2v) is 8.49. The summed E-state index contributed by atoms with van der Waals surface area (Å²) in [5.74, 6) is -0.392. The molecule has 0 bridgehead atoms. The van der Waals surface area contributed by atoms with Crippen LogP contribution in [-0.2, 0) is 11.3 Å². The first-order chi connectivity index (χ1) is 16.1. The molecular formula is C27H24ClN3O2. The van der Waals surface area contributed by atoms with Gasteiger partial charge in [0.05, 0.1) is 0 Å². The molecule has 2 heterocycles. The van der Waals surface area contributed by atoms with E-state index in [1.54, 1.807) is 17.0 Å². The fourth-order valence-electron chi connectivity index (χ4n) is 4.72. The van der Waals surface area contributed by atoms with Gasteiger partial charge < -0.3 is 14.8 Å². The van der Waals surface area contributed by atoms with E-state index in [2.05, 4.69) is 28.9 Å². The van der Waals surface area contributed by atoms with Crippen LogP contribution in [0.3, 0.4) is 0 Å². The minimum Gasteiger partial charge on any atom is -0.341 e. The van der Waals surface area contributed by atoms with E-state index in [-0.39, 0.29) is 11.8 Å². The van der Waals surface area contributed by atoms with E-state index in [0.717, 1.165) is 28.4 Å². The Bertz CT molecular complexity index is 1390. The van der Waals surface area contributed by atoms with Gasteiger partial charge in [0.25, 0.3) is 5.91 Å². The predicted molar refractivity (Wildman–Crippen MR) is 134 cm³/mol. The van der Waals surface area contributed by atoms with Crippen molar-refractivity contribution in [3.63, 3.8) is 0 Å². The maximum absolute atomic E-state index is 13.3. The van der Waals surface area contributed by atoms with Gasteiger partial charge in [0, 0.05) is 58.1 Å². The third-order valence-electron chi connectivity index (χ3n) is 6.30. The van der Waals surface area contributed by atoms with Gasteiger partial charge in [-0.1, -0.05) is 48.0 Å². The summed E-state index contributed by atoms with van der Waals surface area (Å²) in [4.78, 5) is 28.0. The molecule has 33 heavy (non-hydrogen) atoms. The number of fused-ring (bicyclic) bond motifs is 3. The molecule has 5 rings (SSSR count). The van der Waals surface area contributed by atoms with Crippen molar-refractivity contribution in [3.8, 4) is 0 Å². The maximum Gasteiger partial charge on any atom is 0.254 e. The molecular weight excluding hydrogens is 434 g/mol. The highest BCUT2D eigenvalue weighted by Crippen LogP contribution is 2.32. The molecule has 2 amide bonds. The zero-order chi connectivity index (χ0) is 22.9. The van der Waals surface area contributed by atoms with Crippen molar-refractivity contribution in [1.29, 1.82) is 0 Å². The SMILES string of the molecule is CCn1c2ccccc2c2cc(NC(=O)[C@@H]3C/C(=C\Cl)CN3C(=O)c3ccccc3)ccc21. The fraction of sp³-hybridized carbons (Fsp3) is 0.185. The summed E-state index contributed by atoms with van der Waals surface area (Å²) < 4.78 is 2.27. The van der Waals surface area contributed by atoms with E-state index in [0.29, 0.717) is 24.2 Å². The average Bonchev–Trinajstić information content (AvgIpc) is 3.43. The largest absolute Gasteiger partial charge is 0.341 e. The summed E-state index contributed by atoms with van der Waals surface area (Å²) in [5.41, 5.74) is 5.91. The number of para-hydroxylation sites is 1. The molecule has 1 saturated heterocycles. The lowest BCUT2D eigenvalue weighted by Gasteiger charge is -2.23. The van der Waals surface area contributed by atoms with Crippen LogP contribution in [0.4, 0.5) is 5.69 Å². The van der Waals surface area contributed by atoms with Crippen LogP contribution in [0.25, 0.3) is 21.8 Å².